The standard InChI is InChI=1S/C16H16ClF2NO/c1-3-20-16(15-12(17)5-4-6-13(15)18)11-8-7-10(21-2)9-14(11)19/h4-9,16,20H,3H2,1-2H3. The van der Waals surface area contributed by atoms with Crippen LogP contribution in [0, 0.1) is 11.6 Å². The van der Waals surface area contributed by atoms with Gasteiger partial charge in [-0.05, 0) is 24.7 Å². The first-order valence-electron chi connectivity index (χ1n) is 6.59. The highest BCUT2D eigenvalue weighted by molar-refractivity contribution is 6.31. The van der Waals surface area contributed by atoms with E-state index in [9.17, 15) is 8.78 Å². The van der Waals surface area contributed by atoms with Crippen LogP contribution < -0.4 is 10.1 Å². The van der Waals surface area contributed by atoms with Crippen LogP contribution in [-0.2, 0) is 0 Å². The number of benzene rings is 2. The van der Waals surface area contributed by atoms with Crippen LogP contribution in [0.1, 0.15) is 24.1 Å². The molecule has 0 aliphatic heterocycles. The molecule has 0 bridgehead atoms. The van der Waals surface area contributed by atoms with Crippen molar-refractivity contribution in [3.05, 3.63) is 64.2 Å². The summed E-state index contributed by atoms with van der Waals surface area (Å²) in [4.78, 5) is 0. The van der Waals surface area contributed by atoms with Gasteiger partial charge in [-0.15, -0.1) is 0 Å². The largest absolute Gasteiger partial charge is 0.497 e. The quantitative estimate of drug-likeness (QED) is 0.887. The highest BCUT2D eigenvalue weighted by atomic mass is 35.5. The smallest absolute Gasteiger partial charge is 0.132 e. The van der Waals surface area contributed by atoms with Crippen molar-refractivity contribution in [3.8, 4) is 5.75 Å². The van der Waals surface area contributed by atoms with Gasteiger partial charge in [-0.3, -0.25) is 0 Å². The van der Waals surface area contributed by atoms with Crippen LogP contribution in [0.2, 0.25) is 5.02 Å². The van der Waals surface area contributed by atoms with E-state index in [0.29, 0.717) is 17.9 Å². The van der Waals surface area contributed by atoms with E-state index in [1.807, 2.05) is 6.92 Å². The van der Waals surface area contributed by atoms with Crippen molar-refractivity contribution in [2.24, 2.45) is 0 Å². The highest BCUT2D eigenvalue weighted by Gasteiger charge is 2.23. The van der Waals surface area contributed by atoms with Crippen molar-refractivity contribution in [2.75, 3.05) is 13.7 Å². The maximum Gasteiger partial charge on any atom is 0.132 e. The average molecular weight is 312 g/mol. The van der Waals surface area contributed by atoms with E-state index >= 15 is 0 Å². The summed E-state index contributed by atoms with van der Waals surface area (Å²) < 4.78 is 33.4. The lowest BCUT2D eigenvalue weighted by Crippen LogP contribution is -2.24. The van der Waals surface area contributed by atoms with Crippen LogP contribution in [0.25, 0.3) is 0 Å². The van der Waals surface area contributed by atoms with Gasteiger partial charge < -0.3 is 10.1 Å². The molecule has 0 saturated heterocycles. The second-order valence-corrected chi connectivity index (χ2v) is 4.92. The van der Waals surface area contributed by atoms with Crippen LogP contribution in [-0.4, -0.2) is 13.7 Å². The monoisotopic (exact) mass is 311 g/mol. The summed E-state index contributed by atoms with van der Waals surface area (Å²) in [5, 5.41) is 3.33. The van der Waals surface area contributed by atoms with Gasteiger partial charge >= 0.3 is 0 Å². The Labute approximate surface area is 127 Å². The van der Waals surface area contributed by atoms with Crippen molar-refractivity contribution in [1.82, 2.24) is 5.32 Å². The van der Waals surface area contributed by atoms with E-state index < -0.39 is 17.7 Å². The molecule has 0 fully saturated rings. The van der Waals surface area contributed by atoms with Gasteiger partial charge in [-0.25, -0.2) is 8.78 Å². The van der Waals surface area contributed by atoms with Gasteiger partial charge in [0.1, 0.15) is 17.4 Å². The Bertz CT molecular complexity index is 613. The highest BCUT2D eigenvalue weighted by Crippen LogP contribution is 2.33. The van der Waals surface area contributed by atoms with Crippen LogP contribution in [0.5, 0.6) is 5.75 Å². The molecular formula is C16H16ClF2NO. The maximum absolute atomic E-state index is 14.3. The van der Waals surface area contributed by atoms with Gasteiger partial charge in [0.25, 0.3) is 0 Å². The number of methoxy groups -OCH3 is 1. The molecule has 0 aliphatic carbocycles. The Morgan fingerprint density at radius 1 is 1.19 bits per heavy atom. The van der Waals surface area contributed by atoms with Crippen LogP contribution in [0.3, 0.4) is 0 Å². The average Bonchev–Trinajstić information content (AvgIpc) is 2.46. The zero-order valence-corrected chi connectivity index (χ0v) is 12.5. The van der Waals surface area contributed by atoms with Gasteiger partial charge in [0.2, 0.25) is 0 Å². The molecule has 1 atom stereocenters. The molecule has 2 aromatic rings. The maximum atomic E-state index is 14.3. The minimum Gasteiger partial charge on any atom is -0.497 e. The summed E-state index contributed by atoms with van der Waals surface area (Å²) in [6, 6.07) is 8.25. The van der Waals surface area contributed by atoms with Gasteiger partial charge in [-0.1, -0.05) is 30.7 Å². The molecule has 2 aromatic carbocycles. The third kappa shape index (κ3) is 3.34. The topological polar surface area (TPSA) is 21.3 Å². The molecule has 0 radical (unpaired) electrons. The van der Waals surface area contributed by atoms with E-state index in [-0.39, 0.29) is 10.6 Å². The molecule has 5 heteroatoms. The number of rotatable bonds is 5. The lowest BCUT2D eigenvalue weighted by molar-refractivity contribution is 0.410. The minimum absolute atomic E-state index is 0.241. The molecule has 0 spiro atoms. The van der Waals surface area contributed by atoms with E-state index in [1.54, 1.807) is 18.2 Å². The molecule has 112 valence electrons. The first kappa shape index (κ1) is 15.7. The molecule has 1 N–H and O–H groups in total. The fourth-order valence-corrected chi connectivity index (χ4v) is 2.50. The molecule has 0 aliphatic rings. The first-order chi connectivity index (χ1) is 10.1. The lowest BCUT2D eigenvalue weighted by Gasteiger charge is -2.21. The van der Waals surface area contributed by atoms with Gasteiger partial charge in [-0.2, -0.15) is 0 Å². The summed E-state index contributed by atoms with van der Waals surface area (Å²) in [6.07, 6.45) is 0. The van der Waals surface area contributed by atoms with Gasteiger partial charge in [0, 0.05) is 22.2 Å². The third-order valence-electron chi connectivity index (χ3n) is 3.22. The number of halogens is 3. The summed E-state index contributed by atoms with van der Waals surface area (Å²) in [6.45, 7) is 2.41. The predicted molar refractivity (Wildman–Crippen MR) is 79.9 cm³/mol. The van der Waals surface area contributed by atoms with Crippen LogP contribution >= 0.6 is 11.6 Å². The van der Waals surface area contributed by atoms with Crippen molar-refractivity contribution >= 4 is 11.6 Å². The normalized spacial score (nSPS) is 12.2. The number of hydrogen-bond donors (Lipinski definition) is 1. The lowest BCUT2D eigenvalue weighted by atomic mass is 9.97. The second-order valence-electron chi connectivity index (χ2n) is 4.51. The fourth-order valence-electron chi connectivity index (χ4n) is 2.23. The van der Waals surface area contributed by atoms with Crippen molar-refractivity contribution in [3.63, 3.8) is 0 Å². The van der Waals surface area contributed by atoms with Crippen molar-refractivity contribution in [1.29, 1.82) is 0 Å². The predicted octanol–water partition coefficient (Wildman–Crippen LogP) is 4.33. The Morgan fingerprint density at radius 2 is 1.95 bits per heavy atom. The Morgan fingerprint density at radius 3 is 2.52 bits per heavy atom. The van der Waals surface area contributed by atoms with Crippen molar-refractivity contribution in [2.45, 2.75) is 13.0 Å². The Balaban J connectivity index is 2.53. The number of ether oxygens (including phenoxy) is 1. The molecular weight excluding hydrogens is 296 g/mol. The number of hydrogen-bond acceptors (Lipinski definition) is 2. The van der Waals surface area contributed by atoms with E-state index in [4.69, 9.17) is 16.3 Å². The molecule has 0 heterocycles. The van der Waals surface area contributed by atoms with E-state index in [2.05, 4.69) is 5.32 Å². The summed E-state index contributed by atoms with van der Waals surface area (Å²) in [5.74, 6) is -0.533. The van der Waals surface area contributed by atoms with Crippen molar-refractivity contribution < 1.29 is 13.5 Å². The molecule has 21 heavy (non-hydrogen) atoms. The first-order valence-corrected chi connectivity index (χ1v) is 6.97. The molecule has 0 aromatic heterocycles. The molecule has 2 rings (SSSR count). The third-order valence-corrected chi connectivity index (χ3v) is 3.54. The number of nitrogens with one attached hydrogen (secondary N) is 1. The van der Waals surface area contributed by atoms with Gasteiger partial charge in [0.15, 0.2) is 0 Å². The van der Waals surface area contributed by atoms with Crippen LogP contribution in [0.4, 0.5) is 8.78 Å². The molecule has 1 unspecified atom stereocenters. The SMILES string of the molecule is CCNC(c1ccc(OC)cc1F)c1c(F)cccc1Cl. The summed E-state index contributed by atoms with van der Waals surface area (Å²) in [5.41, 5.74) is 0.565. The van der Waals surface area contributed by atoms with Crippen LogP contribution in [0.15, 0.2) is 36.4 Å². The Kier molecular flexibility index (Phi) is 5.15. The molecule has 2 nitrogen and oxygen atoms in total. The van der Waals surface area contributed by atoms with E-state index in [0.717, 1.165) is 0 Å². The molecule has 0 amide bonds. The minimum atomic E-state index is -0.658. The zero-order valence-electron chi connectivity index (χ0n) is 11.8. The Hall–Kier alpha value is -1.65. The summed E-state index contributed by atoms with van der Waals surface area (Å²) in [7, 11) is 1.46. The zero-order chi connectivity index (χ0) is 15.4. The van der Waals surface area contributed by atoms with E-state index in [1.165, 1.54) is 25.3 Å². The fraction of sp³-hybridized carbons (Fsp3) is 0.250. The summed E-state index contributed by atoms with van der Waals surface area (Å²) >= 11 is 6.09. The molecule has 0 saturated carbocycles. The second kappa shape index (κ2) is 6.87. The van der Waals surface area contributed by atoms with Gasteiger partial charge in [0.05, 0.1) is 13.2 Å².